The quantitative estimate of drug-likeness (QED) is 0.778. The van der Waals surface area contributed by atoms with Gasteiger partial charge in [-0.3, -0.25) is 14.3 Å². The van der Waals surface area contributed by atoms with E-state index in [1.165, 1.54) is 0 Å². The van der Waals surface area contributed by atoms with Crippen molar-refractivity contribution in [2.75, 3.05) is 19.5 Å². The van der Waals surface area contributed by atoms with Crippen molar-refractivity contribution in [2.45, 2.75) is 45.1 Å². The largest absolute Gasteiger partial charge is 0.493 e. The van der Waals surface area contributed by atoms with E-state index in [2.05, 4.69) is 15.7 Å². The van der Waals surface area contributed by atoms with Gasteiger partial charge < -0.3 is 20.1 Å². The molecule has 0 atom stereocenters. The van der Waals surface area contributed by atoms with Crippen molar-refractivity contribution < 1.29 is 19.1 Å². The number of hydrogen-bond acceptors (Lipinski definition) is 5. The summed E-state index contributed by atoms with van der Waals surface area (Å²) in [6.07, 6.45) is 2.95. The first-order chi connectivity index (χ1) is 13.8. The predicted molar refractivity (Wildman–Crippen MR) is 110 cm³/mol. The number of nitrogens with one attached hydrogen (secondary N) is 2. The molecule has 0 spiro atoms. The molecule has 1 saturated carbocycles. The minimum absolute atomic E-state index is 0.227. The van der Waals surface area contributed by atoms with Crippen molar-refractivity contribution in [2.24, 2.45) is 7.05 Å². The maximum absolute atomic E-state index is 13.2. The molecule has 0 aliphatic heterocycles. The van der Waals surface area contributed by atoms with Crippen LogP contribution in [-0.4, -0.2) is 41.4 Å². The molecule has 0 saturated heterocycles. The van der Waals surface area contributed by atoms with Crippen LogP contribution in [0.5, 0.6) is 11.5 Å². The minimum atomic E-state index is -0.945. The third-order valence-electron chi connectivity index (χ3n) is 5.62. The number of rotatable bonds is 6. The van der Waals surface area contributed by atoms with Crippen LogP contribution in [0.3, 0.4) is 0 Å². The van der Waals surface area contributed by atoms with Crippen molar-refractivity contribution in [3.05, 3.63) is 35.2 Å². The fourth-order valence-electron chi connectivity index (χ4n) is 3.93. The number of aromatic nitrogens is 2. The lowest BCUT2D eigenvalue weighted by Gasteiger charge is -2.29. The average Bonchev–Trinajstić information content (AvgIpc) is 3.26. The molecule has 8 heteroatoms. The molecule has 2 N–H and O–H groups in total. The Balaban J connectivity index is 1.83. The van der Waals surface area contributed by atoms with Gasteiger partial charge in [0.05, 0.1) is 25.5 Å². The lowest BCUT2D eigenvalue weighted by molar-refractivity contribution is -0.122. The van der Waals surface area contributed by atoms with Crippen molar-refractivity contribution in [3.8, 4) is 11.5 Å². The SMILES string of the molecule is COc1ccc(NC(=O)C2(NC(=O)c3c(C)nn(C)c3C)CCCC2)cc1OC. The molecule has 0 bridgehead atoms. The average molecular weight is 400 g/mol. The van der Waals surface area contributed by atoms with E-state index in [1.807, 2.05) is 6.92 Å². The van der Waals surface area contributed by atoms with E-state index >= 15 is 0 Å². The van der Waals surface area contributed by atoms with Gasteiger partial charge in [0.1, 0.15) is 5.54 Å². The monoisotopic (exact) mass is 400 g/mol. The van der Waals surface area contributed by atoms with E-state index < -0.39 is 5.54 Å². The van der Waals surface area contributed by atoms with Crippen molar-refractivity contribution in [1.29, 1.82) is 0 Å². The highest BCUT2D eigenvalue weighted by atomic mass is 16.5. The number of carbonyl (C=O) groups is 2. The van der Waals surface area contributed by atoms with Crippen molar-refractivity contribution in [3.63, 3.8) is 0 Å². The fraction of sp³-hybridized carbons (Fsp3) is 0.476. The Morgan fingerprint density at radius 1 is 1.10 bits per heavy atom. The number of anilines is 1. The third kappa shape index (κ3) is 3.92. The molecule has 29 heavy (non-hydrogen) atoms. The smallest absolute Gasteiger partial charge is 0.255 e. The maximum Gasteiger partial charge on any atom is 0.255 e. The van der Waals surface area contributed by atoms with Crippen LogP contribution in [0.1, 0.15) is 47.4 Å². The second-order valence-corrected chi connectivity index (χ2v) is 7.44. The number of methoxy groups -OCH3 is 2. The van der Waals surface area contributed by atoms with E-state index in [1.54, 1.807) is 51.1 Å². The van der Waals surface area contributed by atoms with Crippen LogP contribution in [0.4, 0.5) is 5.69 Å². The summed E-state index contributed by atoms with van der Waals surface area (Å²) in [5.74, 6) is 0.612. The third-order valence-corrected chi connectivity index (χ3v) is 5.62. The first-order valence-electron chi connectivity index (χ1n) is 9.67. The Morgan fingerprint density at radius 3 is 2.31 bits per heavy atom. The summed E-state index contributed by atoms with van der Waals surface area (Å²) >= 11 is 0. The van der Waals surface area contributed by atoms with Gasteiger partial charge in [-0.25, -0.2) is 0 Å². The van der Waals surface area contributed by atoms with Gasteiger partial charge in [-0.1, -0.05) is 12.8 Å². The van der Waals surface area contributed by atoms with Crippen LogP contribution in [0.15, 0.2) is 18.2 Å². The van der Waals surface area contributed by atoms with Crippen molar-refractivity contribution in [1.82, 2.24) is 15.1 Å². The zero-order valence-corrected chi connectivity index (χ0v) is 17.6. The van der Waals surface area contributed by atoms with Gasteiger partial charge in [0.15, 0.2) is 11.5 Å². The molecule has 0 radical (unpaired) electrons. The summed E-state index contributed by atoms with van der Waals surface area (Å²) in [7, 11) is 4.90. The number of carbonyl (C=O) groups excluding carboxylic acids is 2. The van der Waals surface area contributed by atoms with Crippen LogP contribution < -0.4 is 20.1 Å². The fourth-order valence-corrected chi connectivity index (χ4v) is 3.93. The summed E-state index contributed by atoms with van der Waals surface area (Å²) in [6.45, 7) is 3.65. The zero-order valence-electron chi connectivity index (χ0n) is 17.6. The molecule has 8 nitrogen and oxygen atoms in total. The minimum Gasteiger partial charge on any atom is -0.493 e. The topological polar surface area (TPSA) is 94.5 Å². The van der Waals surface area contributed by atoms with Gasteiger partial charge in [-0.05, 0) is 38.8 Å². The Kier molecular flexibility index (Phi) is 5.81. The first kappa shape index (κ1) is 20.7. The number of hydrogen-bond donors (Lipinski definition) is 2. The van der Waals surface area contributed by atoms with Gasteiger partial charge in [-0.2, -0.15) is 5.10 Å². The second kappa shape index (κ2) is 8.14. The molecule has 3 rings (SSSR count). The van der Waals surface area contributed by atoms with Gasteiger partial charge >= 0.3 is 0 Å². The molecule has 1 heterocycles. The van der Waals surface area contributed by atoms with Gasteiger partial charge in [0, 0.05) is 24.5 Å². The van der Waals surface area contributed by atoms with Gasteiger partial charge in [-0.15, -0.1) is 0 Å². The highest BCUT2D eigenvalue weighted by molar-refractivity contribution is 6.04. The molecule has 156 valence electrons. The molecule has 2 aromatic rings. The molecule has 1 aromatic heterocycles. The van der Waals surface area contributed by atoms with E-state index in [0.29, 0.717) is 41.3 Å². The number of aryl methyl sites for hydroxylation is 2. The predicted octanol–water partition coefficient (Wildman–Crippen LogP) is 2.74. The summed E-state index contributed by atoms with van der Waals surface area (Å²) in [5.41, 5.74) is 1.59. The molecular formula is C21H28N4O4. The zero-order chi connectivity index (χ0) is 21.2. The number of nitrogens with zero attached hydrogens (tertiary/aromatic N) is 2. The first-order valence-corrected chi connectivity index (χ1v) is 9.67. The van der Waals surface area contributed by atoms with Crippen LogP contribution in [0, 0.1) is 13.8 Å². The Labute approximate surface area is 170 Å². The molecule has 1 aromatic carbocycles. The van der Waals surface area contributed by atoms with Crippen molar-refractivity contribution >= 4 is 17.5 Å². The highest BCUT2D eigenvalue weighted by Gasteiger charge is 2.43. The number of benzene rings is 1. The van der Waals surface area contributed by atoms with Crippen LogP contribution in [0.2, 0.25) is 0 Å². The molecule has 1 fully saturated rings. The van der Waals surface area contributed by atoms with E-state index in [0.717, 1.165) is 18.5 Å². The van der Waals surface area contributed by atoms with Crippen LogP contribution in [0.25, 0.3) is 0 Å². The van der Waals surface area contributed by atoms with E-state index in [-0.39, 0.29) is 11.8 Å². The maximum atomic E-state index is 13.2. The second-order valence-electron chi connectivity index (χ2n) is 7.44. The van der Waals surface area contributed by atoms with Crippen LogP contribution in [-0.2, 0) is 11.8 Å². The number of amides is 2. The molecule has 2 amide bonds. The lowest BCUT2D eigenvalue weighted by Crippen LogP contribution is -2.55. The normalized spacial score (nSPS) is 15.1. The van der Waals surface area contributed by atoms with Crippen LogP contribution >= 0.6 is 0 Å². The standard InChI is InChI=1S/C21H28N4O4/c1-13-18(14(2)25(3)24-13)19(26)23-21(10-6-7-11-21)20(27)22-15-8-9-16(28-4)17(12-15)29-5/h8-9,12H,6-7,10-11H2,1-5H3,(H,22,27)(H,23,26). The van der Waals surface area contributed by atoms with Gasteiger partial charge in [0.2, 0.25) is 5.91 Å². The van der Waals surface area contributed by atoms with E-state index in [4.69, 9.17) is 9.47 Å². The lowest BCUT2D eigenvalue weighted by atomic mass is 9.95. The Bertz CT molecular complexity index is 929. The summed E-state index contributed by atoms with van der Waals surface area (Å²) in [6, 6.07) is 5.19. The molecular weight excluding hydrogens is 372 g/mol. The number of ether oxygens (including phenoxy) is 2. The molecule has 0 unspecified atom stereocenters. The summed E-state index contributed by atoms with van der Waals surface area (Å²) < 4.78 is 12.2. The summed E-state index contributed by atoms with van der Waals surface area (Å²) in [4.78, 5) is 26.2. The Morgan fingerprint density at radius 2 is 1.76 bits per heavy atom. The highest BCUT2D eigenvalue weighted by Crippen LogP contribution is 2.34. The van der Waals surface area contributed by atoms with Gasteiger partial charge in [0.25, 0.3) is 5.91 Å². The van der Waals surface area contributed by atoms with E-state index in [9.17, 15) is 9.59 Å². The molecule has 1 aliphatic rings. The summed E-state index contributed by atoms with van der Waals surface area (Å²) in [5, 5.41) is 10.3. The molecule has 1 aliphatic carbocycles. The Hall–Kier alpha value is -3.03.